The first-order chi connectivity index (χ1) is 20.4. The number of nitrogens with zero attached hydrogens (tertiary/aromatic N) is 2. The minimum absolute atomic E-state index is 0.0226. The van der Waals surface area contributed by atoms with Gasteiger partial charge in [-0.1, -0.05) is 54.1 Å². The number of ketones is 1. The summed E-state index contributed by atoms with van der Waals surface area (Å²) in [6, 6.07) is 20.7. The van der Waals surface area contributed by atoms with E-state index in [1.54, 1.807) is 16.7 Å². The number of likely N-dealkylation sites (tertiary alicyclic amines) is 1. The third-order valence-electron chi connectivity index (χ3n) is 8.89. The van der Waals surface area contributed by atoms with Crippen LogP contribution in [-0.4, -0.2) is 42.0 Å². The number of amides is 1. The largest absolute Gasteiger partial charge is 0.307 e. The Morgan fingerprint density at radius 3 is 2.64 bits per heavy atom. The predicted octanol–water partition coefficient (Wildman–Crippen LogP) is 7.73. The van der Waals surface area contributed by atoms with Gasteiger partial charge in [0.15, 0.2) is 5.78 Å². The van der Waals surface area contributed by atoms with Crippen molar-refractivity contribution in [3.63, 3.8) is 0 Å². The van der Waals surface area contributed by atoms with Gasteiger partial charge in [-0.25, -0.2) is 4.39 Å². The van der Waals surface area contributed by atoms with E-state index in [-0.39, 0.29) is 24.2 Å². The third-order valence-corrected chi connectivity index (χ3v) is 10.3. The fourth-order valence-electron chi connectivity index (χ4n) is 6.47. The van der Waals surface area contributed by atoms with Crippen molar-refractivity contribution in [1.29, 1.82) is 0 Å². The van der Waals surface area contributed by atoms with Crippen molar-refractivity contribution in [1.82, 2.24) is 4.90 Å². The topological polar surface area (TPSA) is 40.6 Å². The van der Waals surface area contributed by atoms with Crippen molar-refractivity contribution in [2.24, 2.45) is 11.8 Å². The third kappa shape index (κ3) is 6.66. The average molecular weight is 603 g/mol. The Hall–Kier alpha value is -2.93. The lowest BCUT2D eigenvalue weighted by atomic mass is 9.90. The molecular weight excluding hydrogens is 567 g/mol. The number of rotatable bonds is 9. The Morgan fingerprint density at radius 2 is 1.83 bits per heavy atom. The van der Waals surface area contributed by atoms with Crippen molar-refractivity contribution in [3.05, 3.63) is 111 Å². The van der Waals surface area contributed by atoms with Crippen LogP contribution in [0.25, 0.3) is 0 Å². The highest BCUT2D eigenvalue weighted by molar-refractivity contribution is 8.02. The SMILES string of the molecule is O=C(CCCN1CCC(Cc2ccccc2)CC1)c1ccc2c(c1)N(Cc1cc(F)ccc1Cl)C(=O)[C@@H]1CSC=C1C2. The zero-order valence-electron chi connectivity index (χ0n) is 23.7. The van der Waals surface area contributed by atoms with Crippen molar-refractivity contribution >= 4 is 40.7 Å². The molecule has 0 radical (unpaired) electrons. The van der Waals surface area contributed by atoms with Crippen LogP contribution < -0.4 is 4.90 Å². The Labute approximate surface area is 256 Å². The van der Waals surface area contributed by atoms with Gasteiger partial charge in [0.2, 0.25) is 5.91 Å². The van der Waals surface area contributed by atoms with E-state index in [1.807, 2.05) is 18.2 Å². The summed E-state index contributed by atoms with van der Waals surface area (Å²) in [4.78, 5) is 31.3. The van der Waals surface area contributed by atoms with Gasteiger partial charge in [-0.15, -0.1) is 11.8 Å². The second-order valence-corrected chi connectivity index (χ2v) is 13.1. The molecule has 1 amide bonds. The summed E-state index contributed by atoms with van der Waals surface area (Å²) in [7, 11) is 0. The van der Waals surface area contributed by atoms with Crippen LogP contribution in [0, 0.1) is 17.7 Å². The highest BCUT2D eigenvalue weighted by Crippen LogP contribution is 2.40. The Morgan fingerprint density at radius 1 is 1.02 bits per heavy atom. The number of hydrogen-bond acceptors (Lipinski definition) is 4. The van der Waals surface area contributed by atoms with Gasteiger partial charge in [-0.05, 0) is 110 Å². The highest BCUT2D eigenvalue weighted by Gasteiger charge is 2.36. The maximum atomic E-state index is 14.1. The molecule has 0 unspecified atom stereocenters. The van der Waals surface area contributed by atoms with E-state index in [1.165, 1.54) is 36.6 Å². The molecular formula is C35H36ClFN2O2S. The van der Waals surface area contributed by atoms with Gasteiger partial charge in [0.05, 0.1) is 12.5 Å². The molecule has 0 saturated carbocycles. The molecule has 3 aromatic carbocycles. The molecule has 1 fully saturated rings. The van der Waals surface area contributed by atoms with Gasteiger partial charge in [0.25, 0.3) is 0 Å². The van der Waals surface area contributed by atoms with E-state index < -0.39 is 5.82 Å². The zero-order chi connectivity index (χ0) is 29.1. The van der Waals surface area contributed by atoms with E-state index in [9.17, 15) is 14.0 Å². The van der Waals surface area contributed by atoms with Crippen LogP contribution >= 0.6 is 23.4 Å². The zero-order valence-corrected chi connectivity index (χ0v) is 25.3. The molecule has 218 valence electrons. The van der Waals surface area contributed by atoms with Crippen molar-refractivity contribution in [2.75, 3.05) is 30.3 Å². The molecule has 3 aliphatic rings. The Bertz CT molecular complexity index is 1490. The van der Waals surface area contributed by atoms with Crippen LogP contribution in [0.2, 0.25) is 5.02 Å². The van der Waals surface area contributed by atoms with E-state index in [0.717, 1.165) is 55.2 Å². The van der Waals surface area contributed by atoms with Crippen LogP contribution in [0.15, 0.2) is 77.7 Å². The van der Waals surface area contributed by atoms with Gasteiger partial charge in [0, 0.05) is 28.4 Å². The molecule has 3 aromatic rings. The summed E-state index contributed by atoms with van der Waals surface area (Å²) in [5.41, 5.74) is 5.42. The van der Waals surface area contributed by atoms with Gasteiger partial charge in [-0.3, -0.25) is 9.59 Å². The first kappa shape index (κ1) is 29.2. The van der Waals surface area contributed by atoms with E-state index in [2.05, 4.69) is 40.6 Å². The number of carbonyl (C=O) groups excluding carboxylic acids is 2. The second kappa shape index (κ2) is 13.2. The Balaban J connectivity index is 1.11. The van der Waals surface area contributed by atoms with Gasteiger partial charge in [-0.2, -0.15) is 0 Å². The number of piperidine rings is 1. The normalized spacial score (nSPS) is 19.3. The lowest BCUT2D eigenvalue weighted by molar-refractivity contribution is -0.120. The summed E-state index contributed by atoms with van der Waals surface area (Å²) in [6.45, 7) is 3.25. The molecule has 0 bridgehead atoms. The lowest BCUT2D eigenvalue weighted by Gasteiger charge is -2.32. The molecule has 3 aliphatic heterocycles. The van der Waals surface area contributed by atoms with Gasteiger partial charge < -0.3 is 9.80 Å². The number of anilines is 1. The van der Waals surface area contributed by atoms with E-state index in [4.69, 9.17) is 11.6 Å². The van der Waals surface area contributed by atoms with Crippen LogP contribution in [0.1, 0.15) is 52.7 Å². The molecule has 42 heavy (non-hydrogen) atoms. The van der Waals surface area contributed by atoms with Crippen LogP contribution in [0.5, 0.6) is 0 Å². The minimum Gasteiger partial charge on any atom is -0.307 e. The fraction of sp³-hybridized carbons (Fsp3) is 0.371. The number of hydrogen-bond donors (Lipinski definition) is 0. The summed E-state index contributed by atoms with van der Waals surface area (Å²) < 4.78 is 14.1. The molecule has 0 N–H and O–H groups in total. The number of carbonyl (C=O) groups is 2. The molecule has 0 spiro atoms. The summed E-state index contributed by atoms with van der Waals surface area (Å²) in [5, 5.41) is 2.51. The standard InChI is InChI=1S/C35H36ClFN2O2S/c36-32-11-10-30(37)19-28(32)21-39-33-20-27(9-8-26(33)18-29-22-42-23-31(29)35(39)41)34(40)7-4-14-38-15-12-25(13-16-38)17-24-5-2-1-3-6-24/h1-3,5-6,8-11,19-20,22,25,31H,4,7,12-18,21,23H2/t31-/m1/s1. The predicted molar refractivity (Wildman–Crippen MR) is 170 cm³/mol. The molecule has 0 aromatic heterocycles. The van der Waals surface area contributed by atoms with E-state index in [0.29, 0.717) is 34.7 Å². The Kier molecular flexibility index (Phi) is 9.13. The minimum atomic E-state index is -0.391. The van der Waals surface area contributed by atoms with Gasteiger partial charge >= 0.3 is 0 Å². The molecule has 0 aliphatic carbocycles. The number of thioether (sulfide) groups is 1. The summed E-state index contributed by atoms with van der Waals surface area (Å²) in [5.74, 6) is 0.888. The summed E-state index contributed by atoms with van der Waals surface area (Å²) >= 11 is 8.07. The maximum Gasteiger partial charge on any atom is 0.235 e. The van der Waals surface area contributed by atoms with Crippen molar-refractivity contribution in [3.8, 4) is 0 Å². The fourth-order valence-corrected chi connectivity index (χ4v) is 7.75. The van der Waals surface area contributed by atoms with Crippen LogP contribution in [0.3, 0.4) is 0 Å². The van der Waals surface area contributed by atoms with Crippen molar-refractivity contribution < 1.29 is 14.0 Å². The molecule has 3 heterocycles. The second-order valence-electron chi connectivity index (χ2n) is 11.8. The molecule has 4 nitrogen and oxygen atoms in total. The first-order valence-corrected chi connectivity index (χ1v) is 16.4. The molecule has 1 saturated heterocycles. The number of halogens is 2. The van der Waals surface area contributed by atoms with Gasteiger partial charge in [0.1, 0.15) is 5.82 Å². The molecule has 6 rings (SSSR count). The first-order valence-electron chi connectivity index (χ1n) is 14.9. The molecule has 7 heteroatoms. The average Bonchev–Trinajstić information content (AvgIpc) is 3.43. The van der Waals surface area contributed by atoms with Crippen LogP contribution in [-0.2, 0) is 24.2 Å². The number of fused-ring (bicyclic) bond motifs is 2. The van der Waals surface area contributed by atoms with E-state index >= 15 is 0 Å². The molecule has 1 atom stereocenters. The highest BCUT2D eigenvalue weighted by atomic mass is 35.5. The monoisotopic (exact) mass is 602 g/mol. The quantitative estimate of drug-likeness (QED) is 0.235. The smallest absolute Gasteiger partial charge is 0.235 e. The number of Topliss-reactive ketones (excluding diaryl/α,β-unsaturated/α-hetero) is 1. The summed E-state index contributed by atoms with van der Waals surface area (Å²) in [6.07, 6.45) is 5.49. The number of benzene rings is 3. The van der Waals surface area contributed by atoms with Crippen molar-refractivity contribution in [2.45, 2.75) is 45.1 Å². The van der Waals surface area contributed by atoms with Crippen LogP contribution in [0.4, 0.5) is 10.1 Å². The maximum absolute atomic E-state index is 14.1. The lowest BCUT2D eigenvalue weighted by Crippen LogP contribution is -2.36.